The summed E-state index contributed by atoms with van der Waals surface area (Å²) in [5, 5.41) is 10.4. The zero-order chi connectivity index (χ0) is 12.4. The van der Waals surface area contributed by atoms with E-state index < -0.39 is 0 Å². The summed E-state index contributed by atoms with van der Waals surface area (Å²) >= 11 is 1.97. The first kappa shape index (κ1) is 11.4. The average molecular weight is 255 g/mol. The molecular weight excluding hydrogens is 242 g/mol. The van der Waals surface area contributed by atoms with Gasteiger partial charge in [0, 0.05) is 36.2 Å². The van der Waals surface area contributed by atoms with Gasteiger partial charge in [0.25, 0.3) is 0 Å². The van der Waals surface area contributed by atoms with Gasteiger partial charge >= 0.3 is 0 Å². The first-order valence-electron chi connectivity index (χ1n) is 6.00. The zero-order valence-corrected chi connectivity index (χ0v) is 10.8. The highest BCUT2D eigenvalue weighted by Gasteiger charge is 2.17. The summed E-state index contributed by atoms with van der Waals surface area (Å²) in [6.07, 6.45) is 1.69. The van der Waals surface area contributed by atoms with Gasteiger partial charge in [-0.25, -0.2) is 0 Å². The molecule has 1 aliphatic rings. The van der Waals surface area contributed by atoms with Crippen LogP contribution in [0.2, 0.25) is 0 Å². The Morgan fingerprint density at radius 3 is 2.78 bits per heavy atom. The zero-order valence-electron chi connectivity index (χ0n) is 9.97. The van der Waals surface area contributed by atoms with Gasteiger partial charge < -0.3 is 4.90 Å². The van der Waals surface area contributed by atoms with Gasteiger partial charge in [-0.15, -0.1) is 0 Å². The third kappa shape index (κ3) is 1.91. The third-order valence-corrected chi connectivity index (χ3v) is 4.14. The van der Waals surface area contributed by atoms with E-state index in [1.165, 1.54) is 0 Å². The van der Waals surface area contributed by atoms with Crippen molar-refractivity contribution in [3.63, 3.8) is 0 Å². The predicted molar refractivity (Wildman–Crippen MR) is 76.0 cm³/mol. The topological polar surface area (TPSA) is 39.9 Å². The molecule has 3 nitrogen and oxygen atoms in total. The first-order chi connectivity index (χ1) is 8.90. The molecule has 0 N–H and O–H groups in total. The molecule has 1 fully saturated rings. The second-order valence-corrected chi connectivity index (χ2v) is 5.47. The molecule has 1 aromatic heterocycles. The minimum absolute atomic E-state index is 0.681. The number of nitrogens with zero attached hydrogens (tertiary/aromatic N) is 3. The summed E-state index contributed by atoms with van der Waals surface area (Å²) in [4.78, 5) is 6.67. The van der Waals surface area contributed by atoms with Gasteiger partial charge in [0.1, 0.15) is 6.07 Å². The number of para-hydroxylation sites is 1. The molecule has 0 radical (unpaired) electrons. The van der Waals surface area contributed by atoms with E-state index in [9.17, 15) is 5.26 Å². The number of pyridine rings is 1. The van der Waals surface area contributed by atoms with E-state index in [1.807, 2.05) is 30.0 Å². The molecule has 0 atom stereocenters. The number of hydrogen-bond donors (Lipinski definition) is 0. The molecule has 1 aliphatic heterocycles. The summed E-state index contributed by atoms with van der Waals surface area (Å²) < 4.78 is 0. The van der Waals surface area contributed by atoms with Crippen LogP contribution in [0.4, 0.5) is 5.69 Å². The van der Waals surface area contributed by atoms with Gasteiger partial charge in [0.15, 0.2) is 0 Å². The van der Waals surface area contributed by atoms with Crippen LogP contribution >= 0.6 is 11.8 Å². The molecule has 0 saturated carbocycles. The molecule has 0 aliphatic carbocycles. The molecule has 0 amide bonds. The van der Waals surface area contributed by atoms with Crippen LogP contribution in [0.25, 0.3) is 10.9 Å². The monoisotopic (exact) mass is 255 g/mol. The molecule has 0 spiro atoms. The van der Waals surface area contributed by atoms with Gasteiger partial charge in [0.2, 0.25) is 0 Å². The smallest absolute Gasteiger partial charge is 0.103 e. The van der Waals surface area contributed by atoms with E-state index in [4.69, 9.17) is 0 Å². The van der Waals surface area contributed by atoms with Crippen LogP contribution in [-0.2, 0) is 0 Å². The van der Waals surface area contributed by atoms with Crippen LogP contribution in [0.5, 0.6) is 0 Å². The molecular formula is C14H13N3S. The van der Waals surface area contributed by atoms with E-state index in [-0.39, 0.29) is 0 Å². The van der Waals surface area contributed by atoms with Gasteiger partial charge in [-0.1, -0.05) is 18.2 Å². The fourth-order valence-electron chi connectivity index (χ4n) is 2.34. The highest BCUT2D eigenvalue weighted by atomic mass is 32.2. The number of nitriles is 1. The number of hydrogen-bond acceptors (Lipinski definition) is 4. The summed E-state index contributed by atoms with van der Waals surface area (Å²) in [7, 11) is 0. The van der Waals surface area contributed by atoms with Crippen molar-refractivity contribution < 1.29 is 0 Å². The number of fused-ring (bicyclic) bond motifs is 1. The first-order valence-corrected chi connectivity index (χ1v) is 7.16. The lowest BCUT2D eigenvalue weighted by Crippen LogP contribution is -2.33. The molecule has 90 valence electrons. The Hall–Kier alpha value is -1.73. The van der Waals surface area contributed by atoms with Crippen molar-refractivity contribution in [2.24, 2.45) is 0 Å². The minimum Gasteiger partial charge on any atom is -0.368 e. The molecule has 0 unspecified atom stereocenters. The predicted octanol–water partition coefficient (Wildman–Crippen LogP) is 2.66. The standard InChI is InChI=1S/C14H13N3S/c15-9-11-10-16-13-4-2-1-3-12(13)14(11)17-5-7-18-8-6-17/h1-4,10H,5-8H2. The Balaban J connectivity index is 2.20. The Morgan fingerprint density at radius 2 is 2.00 bits per heavy atom. The minimum atomic E-state index is 0.681. The maximum absolute atomic E-state index is 9.29. The average Bonchev–Trinajstić information content (AvgIpc) is 2.47. The quantitative estimate of drug-likeness (QED) is 0.785. The number of rotatable bonds is 1. The van der Waals surface area contributed by atoms with E-state index in [2.05, 4.69) is 22.0 Å². The maximum Gasteiger partial charge on any atom is 0.103 e. The summed E-state index contributed by atoms with van der Waals surface area (Å²) in [6.45, 7) is 2.01. The van der Waals surface area contributed by atoms with Crippen molar-refractivity contribution in [1.29, 1.82) is 5.26 Å². The van der Waals surface area contributed by atoms with Crippen LogP contribution in [0.1, 0.15) is 5.56 Å². The fraction of sp³-hybridized carbons (Fsp3) is 0.286. The van der Waals surface area contributed by atoms with Crippen molar-refractivity contribution in [1.82, 2.24) is 4.98 Å². The highest BCUT2D eigenvalue weighted by Crippen LogP contribution is 2.30. The van der Waals surface area contributed by atoms with Gasteiger partial charge in [-0.2, -0.15) is 17.0 Å². The van der Waals surface area contributed by atoms with Crippen LogP contribution in [0.15, 0.2) is 30.5 Å². The molecule has 1 aromatic carbocycles. The Labute approximate surface area is 110 Å². The van der Waals surface area contributed by atoms with Crippen molar-refractivity contribution in [3.8, 4) is 6.07 Å². The van der Waals surface area contributed by atoms with E-state index in [0.29, 0.717) is 5.56 Å². The normalized spacial score (nSPS) is 15.6. The van der Waals surface area contributed by atoms with Crippen molar-refractivity contribution in [3.05, 3.63) is 36.0 Å². The van der Waals surface area contributed by atoms with Gasteiger partial charge in [-0.3, -0.25) is 4.98 Å². The lowest BCUT2D eigenvalue weighted by atomic mass is 10.1. The fourth-order valence-corrected chi connectivity index (χ4v) is 3.24. The summed E-state index contributed by atoms with van der Waals surface area (Å²) in [5.74, 6) is 2.25. The third-order valence-electron chi connectivity index (χ3n) is 3.19. The van der Waals surface area contributed by atoms with E-state index >= 15 is 0 Å². The van der Waals surface area contributed by atoms with Crippen LogP contribution in [0.3, 0.4) is 0 Å². The summed E-state index contributed by atoms with van der Waals surface area (Å²) in [5.41, 5.74) is 2.70. The number of anilines is 1. The number of aromatic nitrogens is 1. The van der Waals surface area contributed by atoms with Gasteiger partial charge in [-0.05, 0) is 6.07 Å². The summed E-state index contributed by atoms with van der Waals surface area (Å²) in [6, 6.07) is 10.3. The largest absolute Gasteiger partial charge is 0.368 e. The van der Waals surface area contributed by atoms with E-state index in [1.54, 1.807) is 6.20 Å². The second-order valence-electron chi connectivity index (χ2n) is 4.25. The maximum atomic E-state index is 9.29. The molecule has 4 heteroatoms. The molecule has 0 bridgehead atoms. The molecule has 3 rings (SSSR count). The van der Waals surface area contributed by atoms with E-state index in [0.717, 1.165) is 41.2 Å². The second kappa shape index (κ2) is 4.87. The Bertz CT molecular complexity index is 612. The Morgan fingerprint density at radius 1 is 1.22 bits per heavy atom. The van der Waals surface area contributed by atoms with Gasteiger partial charge in [0.05, 0.1) is 16.8 Å². The lowest BCUT2D eigenvalue weighted by molar-refractivity contribution is 0.860. The number of thioether (sulfide) groups is 1. The highest BCUT2D eigenvalue weighted by molar-refractivity contribution is 7.99. The van der Waals surface area contributed by atoms with Crippen molar-refractivity contribution in [2.45, 2.75) is 0 Å². The SMILES string of the molecule is N#Cc1cnc2ccccc2c1N1CCSCC1. The lowest BCUT2D eigenvalue weighted by Gasteiger charge is -2.30. The number of benzene rings is 1. The van der Waals surface area contributed by atoms with Crippen LogP contribution in [-0.4, -0.2) is 29.6 Å². The molecule has 1 saturated heterocycles. The van der Waals surface area contributed by atoms with Crippen LogP contribution in [0, 0.1) is 11.3 Å². The molecule has 18 heavy (non-hydrogen) atoms. The van der Waals surface area contributed by atoms with Crippen LogP contribution < -0.4 is 4.90 Å². The van der Waals surface area contributed by atoms with Crippen molar-refractivity contribution >= 4 is 28.4 Å². The Kier molecular flexibility index (Phi) is 3.07. The van der Waals surface area contributed by atoms with Crippen molar-refractivity contribution in [2.75, 3.05) is 29.5 Å². The molecule has 2 aromatic rings. The molecule has 2 heterocycles.